The second-order valence-electron chi connectivity index (χ2n) is 4.41. The van der Waals surface area contributed by atoms with Crippen LogP contribution < -0.4 is 11.1 Å². The summed E-state index contributed by atoms with van der Waals surface area (Å²) in [7, 11) is 0. The number of amides is 1. The molecule has 2 aromatic carbocycles. The topological polar surface area (TPSA) is 75.3 Å². The van der Waals surface area contributed by atoms with E-state index < -0.39 is 17.5 Å². The molecule has 0 radical (unpaired) electrons. The largest absolute Gasteiger partial charge is 0.507 e. The maximum atomic E-state index is 12.9. The van der Waals surface area contributed by atoms with Crippen molar-refractivity contribution in [1.82, 2.24) is 5.32 Å². The lowest BCUT2D eigenvalue weighted by Gasteiger charge is -2.08. The minimum absolute atomic E-state index is 0.0156. The number of hydrogen-bond donors (Lipinski definition) is 3. The summed E-state index contributed by atoms with van der Waals surface area (Å²) in [6.45, 7) is 0.242. The van der Waals surface area contributed by atoms with Crippen LogP contribution in [0.25, 0.3) is 0 Å². The van der Waals surface area contributed by atoms with Gasteiger partial charge in [-0.1, -0.05) is 30.4 Å². The molecule has 6 heteroatoms. The number of aromatic hydroxyl groups is 1. The Morgan fingerprint density at radius 1 is 1.29 bits per heavy atom. The first-order valence-electron chi connectivity index (χ1n) is 6.13. The number of halogens is 1. The van der Waals surface area contributed by atoms with E-state index in [9.17, 15) is 14.3 Å². The van der Waals surface area contributed by atoms with Crippen molar-refractivity contribution < 1.29 is 14.3 Å². The molecule has 21 heavy (non-hydrogen) atoms. The smallest absolute Gasteiger partial charge is 0.255 e. The van der Waals surface area contributed by atoms with Gasteiger partial charge in [0.1, 0.15) is 16.6 Å². The molecular weight excluding hydrogens is 291 g/mol. The van der Waals surface area contributed by atoms with Crippen molar-refractivity contribution in [2.45, 2.75) is 6.54 Å². The van der Waals surface area contributed by atoms with E-state index in [1.807, 2.05) is 6.07 Å². The number of nitrogens with one attached hydrogen (secondary N) is 1. The van der Waals surface area contributed by atoms with Crippen LogP contribution >= 0.6 is 12.2 Å². The van der Waals surface area contributed by atoms with Crippen LogP contribution in [-0.4, -0.2) is 16.0 Å². The molecular formula is C15H13FN2O2S. The molecule has 2 aromatic rings. The normalized spacial score (nSPS) is 10.1. The van der Waals surface area contributed by atoms with Crippen molar-refractivity contribution in [1.29, 1.82) is 0 Å². The highest BCUT2D eigenvalue weighted by Crippen LogP contribution is 2.18. The van der Waals surface area contributed by atoms with Crippen LogP contribution in [0, 0.1) is 5.82 Å². The number of hydrogen-bond acceptors (Lipinski definition) is 3. The first-order chi connectivity index (χ1) is 9.97. The third-order valence-corrected chi connectivity index (χ3v) is 3.10. The van der Waals surface area contributed by atoms with E-state index in [2.05, 4.69) is 5.32 Å². The maximum absolute atomic E-state index is 12.9. The Bertz CT molecular complexity index is 704. The van der Waals surface area contributed by atoms with Crippen molar-refractivity contribution in [3.05, 3.63) is 65.0 Å². The predicted octanol–water partition coefficient (Wildman–Crippen LogP) is 2.10. The first-order valence-corrected chi connectivity index (χ1v) is 6.53. The zero-order chi connectivity index (χ0) is 15.4. The zero-order valence-electron chi connectivity index (χ0n) is 11.0. The highest BCUT2D eigenvalue weighted by Gasteiger charge is 2.11. The first kappa shape index (κ1) is 14.9. The molecule has 4 nitrogen and oxygen atoms in total. The van der Waals surface area contributed by atoms with Crippen molar-refractivity contribution in [2.75, 3.05) is 0 Å². The summed E-state index contributed by atoms with van der Waals surface area (Å²) in [6.07, 6.45) is 0. The third kappa shape index (κ3) is 3.76. The Balaban J connectivity index is 2.07. The summed E-state index contributed by atoms with van der Waals surface area (Å²) in [4.78, 5) is 12.2. The summed E-state index contributed by atoms with van der Waals surface area (Å²) in [5.41, 5.74) is 7.08. The average Bonchev–Trinajstić information content (AvgIpc) is 2.45. The van der Waals surface area contributed by atoms with Crippen LogP contribution in [0.3, 0.4) is 0 Å². The second-order valence-corrected chi connectivity index (χ2v) is 4.85. The minimum Gasteiger partial charge on any atom is -0.507 e. The molecule has 0 heterocycles. The van der Waals surface area contributed by atoms with Gasteiger partial charge >= 0.3 is 0 Å². The van der Waals surface area contributed by atoms with Gasteiger partial charge in [-0.15, -0.1) is 0 Å². The molecule has 0 aromatic heterocycles. The van der Waals surface area contributed by atoms with Crippen LogP contribution in [0.15, 0.2) is 42.5 Å². The van der Waals surface area contributed by atoms with Gasteiger partial charge in [-0.2, -0.15) is 0 Å². The molecule has 0 spiro atoms. The van der Waals surface area contributed by atoms with E-state index in [1.165, 1.54) is 6.07 Å². The van der Waals surface area contributed by atoms with E-state index in [1.54, 1.807) is 18.2 Å². The van der Waals surface area contributed by atoms with Crippen molar-refractivity contribution in [3.8, 4) is 5.75 Å². The number of carbonyl (C=O) groups is 1. The van der Waals surface area contributed by atoms with Crippen LogP contribution in [0.4, 0.5) is 4.39 Å². The van der Waals surface area contributed by atoms with Crippen LogP contribution in [0.5, 0.6) is 5.75 Å². The lowest BCUT2D eigenvalue weighted by molar-refractivity contribution is 0.0948. The standard InChI is InChI=1S/C15H13FN2O2S/c16-11-4-5-12(13(19)7-11)15(20)18-8-9-2-1-3-10(6-9)14(17)21/h1-7,19H,8H2,(H2,17,21)(H,18,20). The number of phenols is 1. The number of carbonyl (C=O) groups excluding carboxylic acids is 1. The van der Waals surface area contributed by atoms with Gasteiger partial charge in [0.15, 0.2) is 0 Å². The fourth-order valence-electron chi connectivity index (χ4n) is 1.81. The molecule has 108 valence electrons. The lowest BCUT2D eigenvalue weighted by atomic mass is 10.1. The van der Waals surface area contributed by atoms with Gasteiger partial charge in [-0.05, 0) is 23.8 Å². The highest BCUT2D eigenvalue weighted by molar-refractivity contribution is 7.80. The van der Waals surface area contributed by atoms with Gasteiger partial charge in [0.25, 0.3) is 5.91 Å². The van der Waals surface area contributed by atoms with Gasteiger partial charge in [0.2, 0.25) is 0 Å². The molecule has 0 saturated carbocycles. The molecule has 0 aliphatic rings. The third-order valence-electron chi connectivity index (χ3n) is 2.87. The average molecular weight is 304 g/mol. The number of thiocarbonyl (C=S) groups is 1. The molecule has 2 rings (SSSR count). The number of phenolic OH excluding ortho intramolecular Hbond substituents is 1. The molecule has 1 amide bonds. The van der Waals surface area contributed by atoms with Gasteiger partial charge in [-0.3, -0.25) is 4.79 Å². The van der Waals surface area contributed by atoms with Gasteiger partial charge < -0.3 is 16.2 Å². The Morgan fingerprint density at radius 2 is 2.05 bits per heavy atom. The summed E-state index contributed by atoms with van der Waals surface area (Å²) in [5.74, 6) is -1.49. The summed E-state index contributed by atoms with van der Waals surface area (Å²) in [5, 5.41) is 12.2. The molecule has 0 bridgehead atoms. The molecule has 0 saturated heterocycles. The maximum Gasteiger partial charge on any atom is 0.255 e. The lowest BCUT2D eigenvalue weighted by Crippen LogP contribution is -2.23. The Kier molecular flexibility index (Phi) is 4.49. The Morgan fingerprint density at radius 3 is 2.71 bits per heavy atom. The quantitative estimate of drug-likeness (QED) is 0.756. The van der Waals surface area contributed by atoms with Crippen molar-refractivity contribution in [3.63, 3.8) is 0 Å². The predicted molar refractivity (Wildman–Crippen MR) is 81.6 cm³/mol. The van der Waals surface area contributed by atoms with E-state index in [0.29, 0.717) is 5.56 Å². The Hall–Kier alpha value is -2.47. The molecule has 0 aliphatic heterocycles. The fraction of sp³-hybridized carbons (Fsp3) is 0.0667. The summed E-state index contributed by atoms with van der Waals surface area (Å²) in [6, 6.07) is 10.4. The van der Waals surface area contributed by atoms with Crippen molar-refractivity contribution >= 4 is 23.1 Å². The molecule has 0 atom stereocenters. The fourth-order valence-corrected chi connectivity index (χ4v) is 1.94. The van der Waals surface area contributed by atoms with Gasteiger partial charge in [-0.25, -0.2) is 4.39 Å². The molecule has 0 fully saturated rings. The Labute approximate surface area is 126 Å². The van der Waals surface area contributed by atoms with Crippen LogP contribution in [0.2, 0.25) is 0 Å². The SMILES string of the molecule is NC(=S)c1cccc(CNC(=O)c2ccc(F)cc2O)c1. The molecule has 0 aliphatic carbocycles. The zero-order valence-corrected chi connectivity index (χ0v) is 11.8. The summed E-state index contributed by atoms with van der Waals surface area (Å²) >= 11 is 4.89. The van der Waals surface area contributed by atoms with Crippen molar-refractivity contribution in [2.24, 2.45) is 5.73 Å². The number of benzene rings is 2. The number of nitrogens with two attached hydrogens (primary N) is 1. The second kappa shape index (κ2) is 6.32. The van der Waals surface area contributed by atoms with Crippen LogP contribution in [0.1, 0.15) is 21.5 Å². The van der Waals surface area contributed by atoms with Gasteiger partial charge in [0.05, 0.1) is 5.56 Å². The molecule has 4 N–H and O–H groups in total. The van der Waals surface area contributed by atoms with E-state index in [4.69, 9.17) is 18.0 Å². The highest BCUT2D eigenvalue weighted by atomic mass is 32.1. The summed E-state index contributed by atoms with van der Waals surface area (Å²) < 4.78 is 12.9. The molecule has 0 unspecified atom stereocenters. The van der Waals surface area contributed by atoms with E-state index in [0.717, 1.165) is 17.7 Å². The van der Waals surface area contributed by atoms with E-state index >= 15 is 0 Å². The monoisotopic (exact) mass is 304 g/mol. The number of rotatable bonds is 4. The van der Waals surface area contributed by atoms with E-state index in [-0.39, 0.29) is 17.1 Å². The van der Waals surface area contributed by atoms with Gasteiger partial charge in [0, 0.05) is 18.2 Å². The minimum atomic E-state index is -0.604. The van der Waals surface area contributed by atoms with Crippen LogP contribution in [-0.2, 0) is 6.54 Å².